The van der Waals surface area contributed by atoms with E-state index in [0.29, 0.717) is 24.5 Å². The lowest BCUT2D eigenvalue weighted by molar-refractivity contribution is -0.123. The van der Waals surface area contributed by atoms with E-state index in [4.69, 9.17) is 4.74 Å². The monoisotopic (exact) mass is 352 g/mol. The number of nitrogens with one attached hydrogen (secondary N) is 2. The first-order valence-electron chi connectivity index (χ1n) is 8.79. The summed E-state index contributed by atoms with van der Waals surface area (Å²) in [6.07, 6.45) is 3.35. The van der Waals surface area contributed by atoms with Crippen molar-refractivity contribution in [2.24, 2.45) is 17.3 Å². The largest absolute Gasteiger partial charge is 0.493 e. The Morgan fingerprint density at radius 2 is 2.12 bits per heavy atom. The Labute approximate surface area is 151 Å². The molecule has 4 nitrogen and oxygen atoms in total. The Balaban J connectivity index is 0.00000208. The molecule has 0 aromatic heterocycles. The SMILES string of the molecule is CC(C)COc1cccc(CNC(=O)C2CC23CCNCC3)c1.Cl. The first-order chi connectivity index (χ1) is 11.1. The average Bonchev–Trinajstić information content (AvgIpc) is 3.25. The van der Waals surface area contributed by atoms with Crippen LogP contribution < -0.4 is 15.4 Å². The highest BCUT2D eigenvalue weighted by Gasteiger charge is 2.57. The normalized spacial score (nSPS) is 21.2. The molecule has 134 valence electrons. The number of hydrogen-bond acceptors (Lipinski definition) is 3. The highest BCUT2D eigenvalue weighted by Crippen LogP contribution is 2.58. The molecular formula is C19H29ClN2O2. The van der Waals surface area contributed by atoms with E-state index in [9.17, 15) is 4.79 Å². The van der Waals surface area contributed by atoms with Gasteiger partial charge in [-0.3, -0.25) is 4.79 Å². The second-order valence-electron chi connectivity index (χ2n) is 7.44. The highest BCUT2D eigenvalue weighted by atomic mass is 35.5. The Hall–Kier alpha value is -1.26. The summed E-state index contributed by atoms with van der Waals surface area (Å²) < 4.78 is 5.75. The summed E-state index contributed by atoms with van der Waals surface area (Å²) in [5, 5.41) is 6.49. The molecular weight excluding hydrogens is 324 g/mol. The molecule has 0 radical (unpaired) electrons. The molecule has 1 aliphatic carbocycles. The molecule has 1 spiro atoms. The Morgan fingerprint density at radius 1 is 1.38 bits per heavy atom. The molecule has 1 heterocycles. The van der Waals surface area contributed by atoms with Crippen LogP contribution in [0.5, 0.6) is 5.75 Å². The van der Waals surface area contributed by atoms with Crippen molar-refractivity contribution in [2.75, 3.05) is 19.7 Å². The van der Waals surface area contributed by atoms with Crippen LogP contribution in [0.25, 0.3) is 0 Å². The van der Waals surface area contributed by atoms with E-state index in [-0.39, 0.29) is 24.2 Å². The van der Waals surface area contributed by atoms with Gasteiger partial charge in [0.05, 0.1) is 6.61 Å². The molecule has 2 N–H and O–H groups in total. The first kappa shape index (κ1) is 19.1. The third-order valence-corrected chi connectivity index (χ3v) is 5.05. The van der Waals surface area contributed by atoms with Crippen molar-refractivity contribution in [3.8, 4) is 5.75 Å². The molecule has 3 rings (SSSR count). The van der Waals surface area contributed by atoms with Crippen molar-refractivity contribution in [3.05, 3.63) is 29.8 Å². The number of carbonyl (C=O) groups excluding carboxylic acids is 1. The lowest BCUT2D eigenvalue weighted by Gasteiger charge is -2.23. The second kappa shape index (κ2) is 8.21. The minimum atomic E-state index is 0. The van der Waals surface area contributed by atoms with Gasteiger partial charge in [-0.1, -0.05) is 26.0 Å². The summed E-state index contributed by atoms with van der Waals surface area (Å²) in [5.74, 6) is 1.84. The number of piperidine rings is 1. The number of hydrogen-bond donors (Lipinski definition) is 2. The number of halogens is 1. The molecule has 1 aromatic carbocycles. The summed E-state index contributed by atoms with van der Waals surface area (Å²) in [6.45, 7) is 7.68. The topological polar surface area (TPSA) is 50.4 Å². The number of carbonyl (C=O) groups is 1. The van der Waals surface area contributed by atoms with E-state index < -0.39 is 0 Å². The van der Waals surface area contributed by atoms with Crippen molar-refractivity contribution < 1.29 is 9.53 Å². The number of ether oxygens (including phenoxy) is 1. The summed E-state index contributed by atoms with van der Waals surface area (Å²) in [6, 6.07) is 8.02. The Morgan fingerprint density at radius 3 is 2.83 bits per heavy atom. The van der Waals surface area contributed by atoms with Gasteiger partial charge in [-0.25, -0.2) is 0 Å². The molecule has 1 saturated heterocycles. The lowest BCUT2D eigenvalue weighted by atomic mass is 9.92. The number of benzene rings is 1. The van der Waals surface area contributed by atoms with E-state index >= 15 is 0 Å². The third kappa shape index (κ3) is 4.64. The molecule has 1 aliphatic heterocycles. The van der Waals surface area contributed by atoms with Gasteiger partial charge in [0.25, 0.3) is 0 Å². The minimum absolute atomic E-state index is 0. The van der Waals surface area contributed by atoms with E-state index in [1.54, 1.807) is 0 Å². The van der Waals surface area contributed by atoms with Crippen LogP contribution in [0.3, 0.4) is 0 Å². The van der Waals surface area contributed by atoms with Crippen LogP contribution in [-0.2, 0) is 11.3 Å². The van der Waals surface area contributed by atoms with Gasteiger partial charge in [-0.05, 0) is 61.4 Å². The Kier molecular flexibility index (Phi) is 6.53. The fourth-order valence-electron chi connectivity index (χ4n) is 3.52. The van der Waals surface area contributed by atoms with Gasteiger partial charge < -0.3 is 15.4 Å². The molecule has 1 aromatic rings. The van der Waals surface area contributed by atoms with Gasteiger partial charge in [-0.15, -0.1) is 12.4 Å². The molecule has 1 unspecified atom stereocenters. The summed E-state index contributed by atoms with van der Waals surface area (Å²) in [4.78, 5) is 12.4. The molecule has 1 atom stereocenters. The van der Waals surface area contributed by atoms with Crippen LogP contribution in [-0.4, -0.2) is 25.6 Å². The molecule has 5 heteroatoms. The van der Waals surface area contributed by atoms with Crippen LogP contribution in [0.1, 0.15) is 38.7 Å². The lowest BCUT2D eigenvalue weighted by Crippen LogP contribution is -2.33. The van der Waals surface area contributed by atoms with Crippen molar-refractivity contribution in [2.45, 2.75) is 39.7 Å². The van der Waals surface area contributed by atoms with Crippen LogP contribution in [0.15, 0.2) is 24.3 Å². The van der Waals surface area contributed by atoms with E-state index in [2.05, 4.69) is 24.5 Å². The van der Waals surface area contributed by atoms with Gasteiger partial charge in [-0.2, -0.15) is 0 Å². The maximum Gasteiger partial charge on any atom is 0.223 e. The quantitative estimate of drug-likeness (QED) is 0.826. The predicted molar refractivity (Wildman–Crippen MR) is 98.5 cm³/mol. The van der Waals surface area contributed by atoms with Crippen LogP contribution in [0.2, 0.25) is 0 Å². The van der Waals surface area contributed by atoms with Crippen LogP contribution >= 0.6 is 12.4 Å². The molecule has 1 amide bonds. The molecule has 0 bridgehead atoms. The second-order valence-corrected chi connectivity index (χ2v) is 7.44. The third-order valence-electron chi connectivity index (χ3n) is 5.05. The maximum absolute atomic E-state index is 12.4. The molecule has 1 saturated carbocycles. The average molecular weight is 353 g/mol. The van der Waals surface area contributed by atoms with Crippen LogP contribution in [0.4, 0.5) is 0 Å². The number of amides is 1. The highest BCUT2D eigenvalue weighted by molar-refractivity contribution is 5.85. The van der Waals surface area contributed by atoms with Gasteiger partial charge in [0.2, 0.25) is 5.91 Å². The smallest absolute Gasteiger partial charge is 0.223 e. The van der Waals surface area contributed by atoms with Crippen molar-refractivity contribution in [1.29, 1.82) is 0 Å². The van der Waals surface area contributed by atoms with Gasteiger partial charge in [0.15, 0.2) is 0 Å². The van der Waals surface area contributed by atoms with Gasteiger partial charge in [0, 0.05) is 12.5 Å². The van der Waals surface area contributed by atoms with Crippen molar-refractivity contribution in [3.63, 3.8) is 0 Å². The maximum atomic E-state index is 12.4. The molecule has 24 heavy (non-hydrogen) atoms. The summed E-state index contributed by atoms with van der Waals surface area (Å²) >= 11 is 0. The summed E-state index contributed by atoms with van der Waals surface area (Å²) in [5.41, 5.74) is 1.40. The van der Waals surface area contributed by atoms with Gasteiger partial charge in [0.1, 0.15) is 5.75 Å². The zero-order chi connectivity index (χ0) is 16.3. The molecule has 2 fully saturated rings. The number of rotatable bonds is 6. The van der Waals surface area contributed by atoms with Crippen LogP contribution in [0, 0.1) is 17.3 Å². The van der Waals surface area contributed by atoms with Crippen molar-refractivity contribution in [1.82, 2.24) is 10.6 Å². The Bertz CT molecular complexity index is 556. The van der Waals surface area contributed by atoms with Crippen molar-refractivity contribution >= 4 is 18.3 Å². The minimum Gasteiger partial charge on any atom is -0.493 e. The van der Waals surface area contributed by atoms with E-state index in [1.807, 2.05) is 24.3 Å². The van der Waals surface area contributed by atoms with Gasteiger partial charge >= 0.3 is 0 Å². The predicted octanol–water partition coefficient (Wildman–Crippen LogP) is 3.15. The summed E-state index contributed by atoms with van der Waals surface area (Å²) in [7, 11) is 0. The standard InChI is InChI=1S/C19H28N2O2.ClH/c1-14(2)13-23-16-5-3-4-15(10-16)12-21-18(22)17-11-19(17)6-8-20-9-7-19;/h3-5,10,14,17,20H,6-9,11-13H2,1-2H3,(H,21,22);1H. The zero-order valence-electron chi connectivity index (χ0n) is 14.6. The first-order valence-corrected chi connectivity index (χ1v) is 8.79. The zero-order valence-corrected chi connectivity index (χ0v) is 15.5. The van der Waals surface area contributed by atoms with E-state index in [1.165, 1.54) is 0 Å². The molecule has 2 aliphatic rings. The fraction of sp³-hybridized carbons (Fsp3) is 0.632. The fourth-order valence-corrected chi connectivity index (χ4v) is 3.52. The van der Waals surface area contributed by atoms with E-state index in [0.717, 1.165) is 43.7 Å².